The van der Waals surface area contributed by atoms with Crippen molar-refractivity contribution >= 4 is 11.9 Å². The van der Waals surface area contributed by atoms with Crippen molar-refractivity contribution in [3.63, 3.8) is 0 Å². The van der Waals surface area contributed by atoms with E-state index in [-0.39, 0.29) is 38.0 Å². The first-order valence-corrected chi connectivity index (χ1v) is 26.0. The fourth-order valence-electron chi connectivity index (χ4n) is 9.49. The van der Waals surface area contributed by atoms with Crippen LogP contribution in [0.4, 0.5) is 0 Å². The number of nitrogens with zero attached hydrogens (tertiary/aromatic N) is 1. The van der Waals surface area contributed by atoms with Gasteiger partial charge in [0.05, 0.1) is 79.6 Å². The van der Waals surface area contributed by atoms with Crippen molar-refractivity contribution in [3.05, 3.63) is 72.9 Å². The van der Waals surface area contributed by atoms with Crippen LogP contribution in [-0.4, -0.2) is 197 Å². The minimum absolute atomic E-state index is 0.143. The number of rotatable bonds is 10. The quantitative estimate of drug-likeness (QED) is 0.136. The monoisotopic (exact) mass is 1040 g/mol. The van der Waals surface area contributed by atoms with Crippen LogP contribution in [0.3, 0.4) is 0 Å². The van der Waals surface area contributed by atoms with Gasteiger partial charge in [-0.1, -0.05) is 86.8 Å². The number of fused-ring (bicyclic) bond motifs is 2. The lowest BCUT2D eigenvalue weighted by Gasteiger charge is -2.47. The van der Waals surface area contributed by atoms with Gasteiger partial charge in [-0.15, -0.1) is 0 Å². The van der Waals surface area contributed by atoms with Gasteiger partial charge in [-0.2, -0.15) is 0 Å². The molecule has 20 heteroatoms. The molecule has 20 nitrogen and oxygen atoms in total. The predicted molar refractivity (Wildman–Crippen MR) is 272 cm³/mol. The summed E-state index contributed by atoms with van der Waals surface area (Å²) >= 11 is 0. The first kappa shape index (κ1) is 64.0. The summed E-state index contributed by atoms with van der Waals surface area (Å²) in [7, 11) is 0. The summed E-state index contributed by atoms with van der Waals surface area (Å²) in [5.41, 5.74) is 11.6. The maximum atomic E-state index is 12.7. The van der Waals surface area contributed by atoms with Crippen LogP contribution in [-0.2, 0) is 28.5 Å². The van der Waals surface area contributed by atoms with E-state index in [2.05, 4.69) is 0 Å². The first-order chi connectivity index (χ1) is 34.6. The molecule has 0 aliphatic carbocycles. The molecule has 2 bridgehead atoms. The summed E-state index contributed by atoms with van der Waals surface area (Å²) in [4.78, 5) is 27.3. The molecule has 0 aromatic carbocycles. The summed E-state index contributed by atoms with van der Waals surface area (Å²) in [6.07, 6.45) is 3.64. The van der Waals surface area contributed by atoms with Crippen molar-refractivity contribution in [1.29, 1.82) is 0 Å². The third-order valence-electron chi connectivity index (χ3n) is 13.9. The molecule has 15 N–H and O–H groups in total. The molecular weight excluding hydrogens is 951 g/mol. The van der Waals surface area contributed by atoms with Gasteiger partial charge in [0.1, 0.15) is 18.1 Å². The molecule has 3 aliphatic rings. The van der Waals surface area contributed by atoms with Gasteiger partial charge in [-0.3, -0.25) is 14.5 Å². The molecule has 3 heterocycles. The van der Waals surface area contributed by atoms with E-state index < -0.39 is 141 Å². The Bertz CT molecular complexity index is 1780. The van der Waals surface area contributed by atoms with E-state index in [0.717, 1.165) is 12.8 Å². The largest absolute Gasteiger partial charge is 0.481 e. The van der Waals surface area contributed by atoms with Crippen LogP contribution in [0.15, 0.2) is 72.9 Å². The number of carboxylic acid groups (broad SMARTS) is 1. The van der Waals surface area contributed by atoms with Crippen molar-refractivity contribution in [2.45, 2.75) is 202 Å². The van der Waals surface area contributed by atoms with Gasteiger partial charge in [0.15, 0.2) is 12.1 Å². The molecule has 0 amide bonds. The van der Waals surface area contributed by atoms with Gasteiger partial charge in [0.2, 0.25) is 0 Å². The zero-order chi connectivity index (χ0) is 54.3. The number of carboxylic acids is 1. The molecule has 3 rings (SSSR count). The van der Waals surface area contributed by atoms with E-state index in [4.69, 9.17) is 30.4 Å². The fraction of sp³-hybridized carbons (Fsp3) is 0.736. The minimum atomic E-state index is -2.37. The molecule has 73 heavy (non-hydrogen) atoms. The number of allylic oxidation sites excluding steroid dienone is 10. The highest BCUT2D eigenvalue weighted by Crippen LogP contribution is 2.38. The number of aliphatic hydroxyl groups excluding tert-OH is 9. The van der Waals surface area contributed by atoms with Crippen molar-refractivity contribution < 1.29 is 84.7 Å². The minimum Gasteiger partial charge on any atom is -0.481 e. The molecule has 19 atom stereocenters. The SMILES string of the molecule is C[C@@H]1[C@H](O)[C@@H](C)C=CC=CCCC=CC=CC=CC=C[C@H](O[C@@H]2O[C@H](C)[C@@H](O)[C@H](N(CCCN)CCCN)[C@@H]2O)CC2O[C@](O)(C[C@@H](O)[C@H](O)CC[C@@H](O)C[C@@H](O)C[C@@H](O)CC(=O)O[C@H]1C)C[C@H](O)[C@H]2C(=O)O. The Morgan fingerprint density at radius 2 is 1.27 bits per heavy atom. The molecular formula is C53H89N3O17. The average molecular weight is 1040 g/mol. The van der Waals surface area contributed by atoms with Crippen molar-refractivity contribution in [1.82, 2.24) is 4.90 Å². The second-order valence-electron chi connectivity index (χ2n) is 20.1. The van der Waals surface area contributed by atoms with Crippen LogP contribution >= 0.6 is 0 Å². The Hall–Kier alpha value is -3.26. The third kappa shape index (κ3) is 22.1. The van der Waals surface area contributed by atoms with E-state index in [9.17, 15) is 65.8 Å². The highest BCUT2D eigenvalue weighted by Gasteiger charge is 2.52. The molecule has 0 aromatic rings. The lowest BCUT2D eigenvalue weighted by molar-refractivity contribution is -0.313. The van der Waals surface area contributed by atoms with E-state index in [1.807, 2.05) is 54.4 Å². The number of cyclic esters (lactones) is 1. The van der Waals surface area contributed by atoms with E-state index in [0.29, 0.717) is 39.0 Å². The van der Waals surface area contributed by atoms with E-state index in [1.165, 1.54) is 0 Å². The van der Waals surface area contributed by atoms with E-state index >= 15 is 0 Å². The van der Waals surface area contributed by atoms with Crippen LogP contribution in [0.5, 0.6) is 0 Å². The Labute approximate surface area is 431 Å². The standard InChI is InChI=1S/C53H89N3O17/c1-33-19-15-13-11-9-7-5-6-8-10-12-14-16-20-40(72-52-50(66)47(49(65)36(4)71-52)56(25-17-23-54)26-18-24-55)30-44-46(51(67)68)43(62)32-53(69,73-44)31-42(61)41(60)22-21-37(57)27-38(58)28-39(59)29-45(63)70-35(3)34(2)48(33)64/h5-6,8,10-16,19-20,33-44,46-50,52,57-62,64-66,69H,7,9,17-18,21-32,54-55H2,1-4H3,(H,67,68)/t33-,34-,35-,36+,37+,38+,39+,40-,41+,42+,43-,44?,46+,47-,48+,49+,50-,52-,53+/m0/s1. The average Bonchev–Trinajstić information content (AvgIpc) is 3.31. The molecule has 0 aromatic heterocycles. The number of hydrogen-bond acceptors (Lipinski definition) is 19. The second-order valence-corrected chi connectivity index (χ2v) is 20.1. The summed E-state index contributed by atoms with van der Waals surface area (Å²) in [5, 5.41) is 121. The molecule has 3 aliphatic heterocycles. The smallest absolute Gasteiger partial charge is 0.311 e. The lowest BCUT2D eigenvalue weighted by Crippen LogP contribution is -2.64. The molecule has 0 radical (unpaired) electrons. The molecule has 418 valence electrons. The highest BCUT2D eigenvalue weighted by molar-refractivity contribution is 5.71. The van der Waals surface area contributed by atoms with Gasteiger partial charge >= 0.3 is 11.9 Å². The van der Waals surface area contributed by atoms with Gasteiger partial charge in [-0.25, -0.2) is 0 Å². The van der Waals surface area contributed by atoms with Gasteiger partial charge in [-0.05, 0) is 91.4 Å². The second kappa shape index (κ2) is 33.0. The Morgan fingerprint density at radius 1 is 0.699 bits per heavy atom. The van der Waals surface area contributed by atoms with Gasteiger partial charge in [0.25, 0.3) is 0 Å². The number of carbonyl (C=O) groups is 2. The van der Waals surface area contributed by atoms with Crippen LogP contribution in [0, 0.1) is 17.8 Å². The van der Waals surface area contributed by atoms with Crippen LogP contribution in [0.2, 0.25) is 0 Å². The lowest BCUT2D eigenvalue weighted by atomic mass is 9.82. The fourth-order valence-corrected chi connectivity index (χ4v) is 9.49. The third-order valence-corrected chi connectivity index (χ3v) is 13.9. The molecule has 2 saturated heterocycles. The van der Waals surface area contributed by atoms with Crippen molar-refractivity contribution in [2.24, 2.45) is 29.2 Å². The zero-order valence-electron chi connectivity index (χ0n) is 43.1. The number of ether oxygens (including phenoxy) is 4. The summed E-state index contributed by atoms with van der Waals surface area (Å²) in [6, 6.07) is -0.864. The predicted octanol–water partition coefficient (Wildman–Crippen LogP) is 0.977. The van der Waals surface area contributed by atoms with Gasteiger partial charge < -0.3 is 86.6 Å². The van der Waals surface area contributed by atoms with Crippen molar-refractivity contribution in [3.8, 4) is 0 Å². The number of hydrogen-bond donors (Lipinski definition) is 13. The molecule has 2 fully saturated rings. The number of aliphatic carboxylic acids is 1. The number of nitrogens with two attached hydrogens (primary N) is 2. The topological polar surface area (TPSA) is 349 Å². The molecule has 1 unspecified atom stereocenters. The first-order valence-electron chi connectivity index (χ1n) is 26.0. The summed E-state index contributed by atoms with van der Waals surface area (Å²) < 4.78 is 23.9. The highest BCUT2D eigenvalue weighted by atomic mass is 16.7. The Balaban J connectivity index is 1.92. The number of esters is 1. The zero-order valence-corrected chi connectivity index (χ0v) is 43.1. The normalized spacial score (nSPS) is 39.1. The van der Waals surface area contributed by atoms with Crippen LogP contribution < -0.4 is 11.5 Å². The van der Waals surface area contributed by atoms with Crippen LogP contribution in [0.25, 0.3) is 0 Å². The summed E-state index contributed by atoms with van der Waals surface area (Å²) in [6.45, 7) is 8.48. The maximum absolute atomic E-state index is 12.7. The number of carbonyl (C=O) groups excluding carboxylic acids is 1. The summed E-state index contributed by atoms with van der Waals surface area (Å²) in [5.74, 6) is -6.86. The van der Waals surface area contributed by atoms with E-state index in [1.54, 1.807) is 51.2 Å². The molecule has 0 saturated carbocycles. The maximum Gasteiger partial charge on any atom is 0.311 e. The van der Waals surface area contributed by atoms with Crippen molar-refractivity contribution in [2.75, 3.05) is 26.2 Å². The Kier molecular flexibility index (Phi) is 29.0. The Morgan fingerprint density at radius 3 is 1.90 bits per heavy atom. The number of aliphatic hydroxyl groups is 10. The van der Waals surface area contributed by atoms with Crippen LogP contribution in [0.1, 0.15) is 105 Å². The molecule has 0 spiro atoms. The van der Waals surface area contributed by atoms with Gasteiger partial charge in [0, 0.05) is 31.1 Å².